The summed E-state index contributed by atoms with van der Waals surface area (Å²) < 4.78 is 43.8. The number of hydrogen-bond acceptors (Lipinski definition) is 7. The zero-order valence-corrected chi connectivity index (χ0v) is 20.1. The third-order valence-corrected chi connectivity index (χ3v) is 6.55. The fourth-order valence-electron chi connectivity index (χ4n) is 4.56. The summed E-state index contributed by atoms with van der Waals surface area (Å²) in [5.41, 5.74) is 1.44. The molecule has 1 aromatic heterocycles. The number of hydrogen-bond donors (Lipinski definition) is 2. The van der Waals surface area contributed by atoms with Crippen LogP contribution in [0.1, 0.15) is 25.9 Å². The second-order valence-electron chi connectivity index (χ2n) is 9.14. The largest absolute Gasteiger partial charge is 0.375 e. The van der Waals surface area contributed by atoms with E-state index in [4.69, 9.17) is 8.00 Å². The van der Waals surface area contributed by atoms with Gasteiger partial charge in [-0.1, -0.05) is 0 Å². The van der Waals surface area contributed by atoms with E-state index >= 15 is 0 Å². The number of amides is 2. The van der Waals surface area contributed by atoms with Crippen molar-refractivity contribution in [2.24, 2.45) is 0 Å². The van der Waals surface area contributed by atoms with Gasteiger partial charge < -0.3 is 25.3 Å². The van der Waals surface area contributed by atoms with Gasteiger partial charge in [-0.15, -0.1) is 0 Å². The molecule has 2 N–H and O–H groups in total. The standard InChI is InChI=1S/C25H31F2N7O2/c1-32(9-2-10-33-11-7-29-8-12-33)18-3-4-22-21(13-18)20(5-6-30-22)24(36)31-16-23(35)34-17-25(26,27)14-19(34)15-28/h3-6,13,19,29H,2,7-12,14,16-17H2,1H3,(H,31,36)/t19-/m0/s1/i16D2. The first-order chi connectivity index (χ1) is 18.0. The molecule has 3 heterocycles. The van der Waals surface area contributed by atoms with Gasteiger partial charge in [0.2, 0.25) is 5.91 Å². The molecule has 0 radical (unpaired) electrons. The zero-order valence-electron chi connectivity index (χ0n) is 22.1. The van der Waals surface area contributed by atoms with Crippen LogP contribution in [-0.4, -0.2) is 97.9 Å². The second kappa shape index (κ2) is 11.1. The molecule has 0 saturated carbocycles. The summed E-state index contributed by atoms with van der Waals surface area (Å²) in [4.78, 5) is 35.1. The number of likely N-dealkylation sites (tertiary alicyclic amines) is 1. The average molecular weight is 502 g/mol. The summed E-state index contributed by atoms with van der Waals surface area (Å²) in [5.74, 6) is -5.59. The topological polar surface area (TPSA) is 105 Å². The van der Waals surface area contributed by atoms with Crippen molar-refractivity contribution in [2.45, 2.75) is 24.8 Å². The van der Waals surface area contributed by atoms with Crippen LogP contribution in [0.3, 0.4) is 0 Å². The minimum atomic E-state index is -3.30. The number of aromatic nitrogens is 1. The Morgan fingerprint density at radius 3 is 2.89 bits per heavy atom. The highest BCUT2D eigenvalue weighted by atomic mass is 19.3. The molecule has 9 nitrogen and oxygen atoms in total. The molecule has 1 aromatic carbocycles. The fraction of sp³-hybridized carbons (Fsp3) is 0.520. The van der Waals surface area contributed by atoms with Gasteiger partial charge in [-0.05, 0) is 37.2 Å². The molecule has 4 rings (SSSR count). The number of anilines is 1. The van der Waals surface area contributed by atoms with Crippen LogP contribution >= 0.6 is 0 Å². The van der Waals surface area contributed by atoms with Crippen LogP contribution in [0.5, 0.6) is 0 Å². The fourth-order valence-corrected chi connectivity index (χ4v) is 4.56. The molecule has 1 atom stereocenters. The summed E-state index contributed by atoms with van der Waals surface area (Å²) in [6, 6.07) is 6.98. The molecular weight excluding hydrogens is 468 g/mol. The van der Waals surface area contributed by atoms with Crippen molar-refractivity contribution in [3.8, 4) is 6.07 Å². The Hall–Kier alpha value is -3.36. The maximum absolute atomic E-state index is 13.8. The number of nitrogens with zero attached hydrogens (tertiary/aromatic N) is 5. The average Bonchev–Trinajstić information content (AvgIpc) is 3.22. The summed E-state index contributed by atoms with van der Waals surface area (Å²) in [6.07, 6.45) is 1.48. The second-order valence-corrected chi connectivity index (χ2v) is 9.14. The number of nitriles is 1. The number of rotatable bonds is 8. The minimum Gasteiger partial charge on any atom is -0.375 e. The van der Waals surface area contributed by atoms with Gasteiger partial charge >= 0.3 is 0 Å². The maximum atomic E-state index is 13.8. The van der Waals surface area contributed by atoms with E-state index in [-0.39, 0.29) is 5.56 Å². The Bertz CT molecular complexity index is 1230. The van der Waals surface area contributed by atoms with E-state index in [0.29, 0.717) is 15.8 Å². The number of carbonyl (C=O) groups is 2. The first-order valence-corrected chi connectivity index (χ1v) is 11.9. The summed E-state index contributed by atoms with van der Waals surface area (Å²) in [7, 11) is 1.95. The van der Waals surface area contributed by atoms with E-state index in [9.17, 15) is 18.4 Å². The number of alkyl halides is 2. The Kier molecular flexibility index (Phi) is 7.14. The van der Waals surface area contributed by atoms with Crippen molar-refractivity contribution < 1.29 is 21.1 Å². The molecule has 2 fully saturated rings. The smallest absolute Gasteiger partial charge is 0.268 e. The molecule has 2 aliphatic heterocycles. The van der Waals surface area contributed by atoms with E-state index in [1.807, 2.05) is 18.4 Å². The molecule has 36 heavy (non-hydrogen) atoms. The predicted molar refractivity (Wildman–Crippen MR) is 132 cm³/mol. The lowest BCUT2D eigenvalue weighted by molar-refractivity contribution is -0.131. The Labute approximate surface area is 211 Å². The molecule has 11 heteroatoms. The van der Waals surface area contributed by atoms with Crippen LogP contribution in [0.4, 0.5) is 14.5 Å². The van der Waals surface area contributed by atoms with Crippen molar-refractivity contribution in [1.82, 2.24) is 25.4 Å². The molecule has 2 aromatic rings. The molecular formula is C25H31F2N7O2. The molecule has 2 amide bonds. The Morgan fingerprint density at radius 1 is 1.36 bits per heavy atom. The SMILES string of the molecule is [2H]C([2H])(NC(=O)c1ccnc2ccc(N(C)CCCN3CCNCC3)cc12)C(=O)N1CC(F)(F)C[C@H]1C#N. The summed E-state index contributed by atoms with van der Waals surface area (Å²) in [6.45, 7) is 1.72. The highest BCUT2D eigenvalue weighted by Gasteiger charge is 2.47. The van der Waals surface area contributed by atoms with Crippen molar-refractivity contribution >= 4 is 28.4 Å². The molecule has 0 bridgehead atoms. The molecule has 0 spiro atoms. The first-order valence-electron chi connectivity index (χ1n) is 12.9. The number of benzene rings is 1. The van der Waals surface area contributed by atoms with Crippen molar-refractivity contribution in [3.05, 3.63) is 36.0 Å². The summed E-state index contributed by atoms with van der Waals surface area (Å²) in [5, 5.41) is 15.0. The van der Waals surface area contributed by atoms with Gasteiger partial charge in [-0.2, -0.15) is 5.26 Å². The quantitative estimate of drug-likeness (QED) is 0.564. The van der Waals surface area contributed by atoms with Gasteiger partial charge in [-0.25, -0.2) is 8.78 Å². The van der Waals surface area contributed by atoms with Gasteiger partial charge in [0.15, 0.2) is 0 Å². The van der Waals surface area contributed by atoms with Crippen LogP contribution in [-0.2, 0) is 4.79 Å². The van der Waals surface area contributed by atoms with E-state index in [1.54, 1.807) is 18.2 Å². The number of carbonyl (C=O) groups excluding carboxylic acids is 2. The minimum absolute atomic E-state index is 0.0892. The number of pyridine rings is 1. The number of halogens is 2. The van der Waals surface area contributed by atoms with Gasteiger partial charge in [0, 0.05) is 63.5 Å². The van der Waals surface area contributed by atoms with Crippen molar-refractivity contribution in [3.63, 3.8) is 0 Å². The van der Waals surface area contributed by atoms with Crippen LogP contribution in [0, 0.1) is 11.3 Å². The lowest BCUT2D eigenvalue weighted by atomic mass is 10.1. The van der Waals surface area contributed by atoms with E-state index in [1.165, 1.54) is 12.3 Å². The number of fused-ring (bicyclic) bond motifs is 1. The van der Waals surface area contributed by atoms with Crippen LogP contribution < -0.4 is 15.5 Å². The third kappa shape index (κ3) is 6.06. The van der Waals surface area contributed by atoms with Crippen molar-refractivity contribution in [1.29, 1.82) is 5.26 Å². The maximum Gasteiger partial charge on any atom is 0.268 e. The lowest BCUT2D eigenvalue weighted by Crippen LogP contribution is -2.44. The van der Waals surface area contributed by atoms with Gasteiger partial charge in [0.05, 0.1) is 32.9 Å². The normalized spacial score (nSPS) is 20.9. The summed E-state index contributed by atoms with van der Waals surface area (Å²) >= 11 is 0. The molecule has 192 valence electrons. The van der Waals surface area contributed by atoms with E-state index in [2.05, 4.69) is 20.1 Å². The molecule has 2 saturated heterocycles. The highest BCUT2D eigenvalue weighted by Crippen LogP contribution is 2.31. The van der Waals surface area contributed by atoms with Gasteiger partial charge in [0.25, 0.3) is 11.8 Å². The molecule has 0 aliphatic carbocycles. The van der Waals surface area contributed by atoms with Crippen LogP contribution in [0.25, 0.3) is 10.9 Å². The van der Waals surface area contributed by atoms with E-state index in [0.717, 1.165) is 51.4 Å². The number of nitrogens with one attached hydrogen (secondary N) is 2. The highest BCUT2D eigenvalue weighted by molar-refractivity contribution is 6.07. The Morgan fingerprint density at radius 2 is 2.14 bits per heavy atom. The lowest BCUT2D eigenvalue weighted by Gasteiger charge is -2.28. The zero-order chi connectivity index (χ0) is 27.5. The third-order valence-electron chi connectivity index (χ3n) is 6.55. The molecule has 0 unspecified atom stereocenters. The predicted octanol–water partition coefficient (Wildman–Crippen LogP) is 1.46. The van der Waals surface area contributed by atoms with Gasteiger partial charge in [0.1, 0.15) is 6.04 Å². The first kappa shape index (κ1) is 23.1. The van der Waals surface area contributed by atoms with Crippen molar-refractivity contribution in [2.75, 3.05) is 64.3 Å². The van der Waals surface area contributed by atoms with Crippen LogP contribution in [0.2, 0.25) is 0 Å². The van der Waals surface area contributed by atoms with Crippen LogP contribution in [0.15, 0.2) is 30.5 Å². The van der Waals surface area contributed by atoms with Gasteiger partial charge in [-0.3, -0.25) is 14.6 Å². The monoisotopic (exact) mass is 501 g/mol. The Balaban J connectivity index is 1.47. The van der Waals surface area contributed by atoms with E-state index < -0.39 is 43.2 Å². The molecule has 2 aliphatic rings. The number of piperazine rings is 1.